The second-order valence-corrected chi connectivity index (χ2v) is 41.0. The van der Waals surface area contributed by atoms with Crippen LogP contribution >= 0.6 is 201 Å². The summed E-state index contributed by atoms with van der Waals surface area (Å²) in [6.07, 6.45) is -4.58. The summed E-state index contributed by atoms with van der Waals surface area (Å²) in [6.45, 7) is 12.8. The normalized spacial score (nSPS) is 41.7. The minimum absolute atomic E-state index is 0. The Balaban J connectivity index is 0.000000160. The number of ketones is 1. The van der Waals surface area contributed by atoms with Gasteiger partial charge in [-0.25, -0.2) is 48.5 Å². The van der Waals surface area contributed by atoms with Gasteiger partial charge in [0.1, 0.15) is 61.1 Å². The fourth-order valence-corrected chi connectivity index (χ4v) is 20.1. The Hall–Kier alpha value is -0.650. The van der Waals surface area contributed by atoms with Gasteiger partial charge in [-0.3, -0.25) is 50.6 Å². The maximum atomic E-state index is 12.6. The summed E-state index contributed by atoms with van der Waals surface area (Å²) in [5.41, 5.74) is 15.9. The van der Waals surface area contributed by atoms with Crippen LogP contribution in [0.1, 0.15) is 106 Å². The lowest BCUT2D eigenvalue weighted by Crippen LogP contribution is -2.61. The molecular weight excluding hydrogens is 1840 g/mol. The van der Waals surface area contributed by atoms with Gasteiger partial charge in [0.05, 0.1) is 36.6 Å². The van der Waals surface area contributed by atoms with E-state index in [1.54, 1.807) is 59.1 Å². The number of esters is 5. The van der Waals surface area contributed by atoms with E-state index in [9.17, 15) is 47.9 Å². The molecule has 25 atom stereocenters. The highest BCUT2D eigenvalue weighted by Crippen LogP contribution is 2.55. The van der Waals surface area contributed by atoms with Gasteiger partial charge < -0.3 is 70.3 Å². The molecule has 4 amide bonds. The lowest BCUT2D eigenvalue weighted by Gasteiger charge is -2.35. The monoisotopic (exact) mass is 1920 g/mol. The molecule has 0 aromatic carbocycles. The van der Waals surface area contributed by atoms with Gasteiger partial charge in [0, 0.05) is 32.7 Å². The van der Waals surface area contributed by atoms with E-state index < -0.39 is 217 Å². The van der Waals surface area contributed by atoms with Gasteiger partial charge in [-0.2, -0.15) is 27.0 Å². The number of halogens is 15. The summed E-state index contributed by atoms with van der Waals surface area (Å²) < 4.78 is 46.6. The van der Waals surface area contributed by atoms with E-state index in [4.69, 9.17) is 244 Å². The molecule has 51 heteroatoms. The molecule has 13 N–H and O–H groups in total. The zero-order valence-corrected chi connectivity index (χ0v) is 73.4. The zero-order valence-electron chi connectivity index (χ0n) is 60.0. The highest BCUT2D eigenvalue weighted by Gasteiger charge is 2.74. The second-order valence-electron chi connectivity index (χ2n) is 29.2. The minimum atomic E-state index is -1.77. The molecule has 15 fully saturated rings. The predicted octanol–water partition coefficient (Wildman–Crippen LogP) is 2.64. The summed E-state index contributed by atoms with van der Waals surface area (Å²) >= 11 is 88.9. The van der Waals surface area contributed by atoms with E-state index in [2.05, 4.69) is 26.6 Å². The molecule has 14 unspecified atom stereocenters. The summed E-state index contributed by atoms with van der Waals surface area (Å²) in [5, 5.41) is 15.0. The average molecular weight is 1930 g/mol. The number of nitrogens with zero attached hydrogens (tertiary/aromatic N) is 5. The third kappa shape index (κ3) is 17.1. The first-order valence-corrected chi connectivity index (χ1v) is 40.5. The number of hydrogen-bond donors (Lipinski definition) is 9. The molecule has 15 aliphatic heterocycles. The fraction of sp³-hybridized carbons (Fsp3) is 0.836. The number of ether oxygens (including phenoxy) is 10. The summed E-state index contributed by atoms with van der Waals surface area (Å²) in [6, 6.07) is -3.17. The first kappa shape index (κ1) is 95.2. The average Bonchev–Trinajstić information content (AvgIpc) is 1.59. The Bertz CT molecular complexity index is 3110. The molecule has 0 aliphatic carbocycles. The molecule has 34 nitrogen and oxygen atoms in total. The topological polar surface area (TPSA) is 443 Å². The first-order chi connectivity index (χ1) is 50.9. The van der Waals surface area contributed by atoms with Crippen molar-refractivity contribution < 1.29 is 95.3 Å². The van der Waals surface area contributed by atoms with Crippen LogP contribution in [0.5, 0.6) is 0 Å². The highest BCUT2D eigenvalue weighted by atomic mass is 35.6. The number of Topliss-reactive ketones (excluding diaryl/α,β-unsaturated/α-hetero) is 1. The molecule has 0 aromatic heterocycles. The van der Waals surface area contributed by atoms with Crippen molar-refractivity contribution in [3.8, 4) is 0 Å². The van der Waals surface area contributed by atoms with Gasteiger partial charge in [0.15, 0.2) is 27.7 Å². The van der Waals surface area contributed by atoms with Gasteiger partial charge in [-0.1, -0.05) is 174 Å². The van der Waals surface area contributed by atoms with Crippen molar-refractivity contribution >= 4 is 260 Å². The third-order valence-corrected chi connectivity index (χ3v) is 25.4. The van der Waals surface area contributed by atoms with E-state index in [0.717, 1.165) is 32.1 Å². The lowest BCUT2D eigenvalue weighted by molar-refractivity contribution is -0.151. The summed E-state index contributed by atoms with van der Waals surface area (Å²) in [5.74, 6) is -4.75. The number of alkyl halides is 15. The number of nitrogens with one attached hydrogen (secondary N) is 5. The number of hydrogen-bond acceptors (Lipinski definition) is 30. The van der Waals surface area contributed by atoms with E-state index in [0.29, 0.717) is 64.8 Å². The van der Waals surface area contributed by atoms with Crippen molar-refractivity contribution in [3.05, 3.63) is 0 Å². The lowest BCUT2D eigenvalue weighted by atomic mass is 9.94. The first-order valence-electron chi connectivity index (χ1n) is 34.9. The molecule has 112 heavy (non-hydrogen) atoms. The van der Waals surface area contributed by atoms with Gasteiger partial charge >= 0.3 is 29.8 Å². The number of rotatable bonds is 10. The molecule has 0 spiro atoms. The number of nitrogens with two attached hydrogens (primary N) is 4. The van der Waals surface area contributed by atoms with E-state index in [1.165, 1.54) is 6.92 Å². The third-order valence-electron chi connectivity index (χ3n) is 22.6. The van der Waals surface area contributed by atoms with Crippen LogP contribution < -0.4 is 49.5 Å². The Morgan fingerprint density at radius 1 is 0.321 bits per heavy atom. The summed E-state index contributed by atoms with van der Waals surface area (Å²) in [4.78, 5) is 129. The number of cyclic esters (lactones) is 5. The second kappa shape index (κ2) is 34.9. The highest BCUT2D eigenvalue weighted by molar-refractivity contribution is 7.59. The zero-order chi connectivity index (χ0) is 81.4. The molecule has 15 rings (SSSR count). The molecule has 0 aromatic rings. The number of carbonyl (C=O) groups is 10. The van der Waals surface area contributed by atoms with Crippen molar-refractivity contribution in [3.63, 3.8) is 0 Å². The molecule has 0 saturated carbocycles. The smallest absolute Gasteiger partial charge is 0.332 e. The maximum Gasteiger partial charge on any atom is 0.332 e. The van der Waals surface area contributed by atoms with E-state index in [-0.39, 0.29) is 38.9 Å². The van der Waals surface area contributed by atoms with Gasteiger partial charge in [0.2, 0.25) is 73.7 Å². The SMILES string of the molecule is CC(=O)[C@H]1N[C@H]([C@]23CCCN2[C@H](C(Cl)(Cl)Cl)OC3=O)O[C@@H]1C.CC1OC(C23CCCN2C(C(Cl)(Cl)Cl)OC3=O)NC1C(N)=O.CC1OC([C@]23CCCN2C(C(Cl)(Cl)Cl)OC3=O)NC1C(N)=O.CC1OC([C@]23CCCN2C(C(Cl)(Cl)Cl)OC3=O)N[C@@H]1C(N)=O.C[C@H]1OC([C@]23CCCN2C(C(Cl)(Cl)Cl)OC3=O)N[C@@H]1C(N)=O.S.S. The number of carbonyl (C=O) groups excluding carboxylic acids is 10. The number of fused-ring (bicyclic) bond motifs is 5. The quantitative estimate of drug-likeness (QED) is 0.0862. The van der Waals surface area contributed by atoms with Crippen LogP contribution in [0, 0.1) is 0 Å². The Morgan fingerprint density at radius 3 is 0.598 bits per heavy atom. The maximum absolute atomic E-state index is 12.6. The van der Waals surface area contributed by atoms with E-state index in [1.807, 2.05) is 0 Å². The van der Waals surface area contributed by atoms with Crippen LogP contribution in [0.15, 0.2) is 0 Å². The van der Waals surface area contributed by atoms with Crippen molar-refractivity contribution in [2.45, 2.75) is 275 Å². The van der Waals surface area contributed by atoms with Crippen molar-refractivity contribution in [2.75, 3.05) is 32.7 Å². The van der Waals surface area contributed by atoms with Crippen LogP contribution in [0.2, 0.25) is 0 Å². The predicted molar refractivity (Wildman–Crippen MR) is 419 cm³/mol. The molecule has 15 aliphatic rings. The van der Waals surface area contributed by atoms with Crippen LogP contribution in [0.4, 0.5) is 0 Å². The standard InChI is InChI=1S/C13H17Cl3N2O4.4C12H16Cl3N3O4.2H2S/c1-6(19)8-7(2)21-9(17-8)12-4-3-5-18(12)10(13(14,15)16)22-11(12)20;4*1-5-6(7(16)19)17-8(21-5)11-3-2-4-18(11)9(12(13,14)15)22-10(11)20;;/h7-10,17H,3-5H2,1-2H3;4*5-6,8-9,17H,2-4H2,1H3,(H2,16,19);2*1H2/t7-,8-,9+,10+,12+;5?,6?,8?,9?,11-;5?,6-,8?,9?,11-;5-,6+,8?,9?,11+;;;/m1001.../s1. The Labute approximate surface area is 731 Å². The molecule has 15 heterocycles. The minimum Gasteiger partial charge on any atom is -0.440 e. The van der Waals surface area contributed by atoms with Crippen molar-refractivity contribution in [1.29, 1.82) is 0 Å². The molecule has 0 radical (unpaired) electrons. The van der Waals surface area contributed by atoms with Crippen molar-refractivity contribution in [1.82, 2.24) is 51.1 Å². The van der Waals surface area contributed by atoms with Crippen LogP contribution in [-0.4, -0.2) is 286 Å². The molecule has 15 saturated heterocycles. The molecule has 636 valence electrons. The number of amides is 4. The van der Waals surface area contributed by atoms with Crippen molar-refractivity contribution in [2.24, 2.45) is 22.9 Å². The van der Waals surface area contributed by atoms with Gasteiger partial charge in [-0.05, 0) is 106 Å². The van der Waals surface area contributed by atoms with E-state index >= 15 is 0 Å². The Morgan fingerprint density at radius 2 is 0.473 bits per heavy atom. The number of primary amides is 4. The summed E-state index contributed by atoms with van der Waals surface area (Å²) in [7, 11) is 0. The van der Waals surface area contributed by atoms with Gasteiger partial charge in [-0.15, -0.1) is 0 Å². The van der Waals surface area contributed by atoms with Crippen LogP contribution in [0.3, 0.4) is 0 Å². The van der Waals surface area contributed by atoms with Crippen LogP contribution in [0.25, 0.3) is 0 Å². The molecule has 0 bridgehead atoms. The largest absolute Gasteiger partial charge is 0.440 e. The fourth-order valence-electron chi connectivity index (χ4n) is 17.6. The molecular formula is C61H85Cl15N14O20S2. The van der Waals surface area contributed by atoms with Gasteiger partial charge in [0.25, 0.3) is 0 Å². The van der Waals surface area contributed by atoms with Crippen LogP contribution in [-0.2, 0) is 95.3 Å². The Kier molecular flexibility index (Phi) is 29.7.